The summed E-state index contributed by atoms with van der Waals surface area (Å²) in [6.07, 6.45) is 1.86. The fraction of sp³-hybridized carbons (Fsp3) is 0.188. The quantitative estimate of drug-likeness (QED) is 0.239. The molecule has 2 aromatic rings. The molecule has 1 aromatic carbocycles. The number of nitrogens with two attached hydrogens (primary N) is 1. The lowest BCUT2D eigenvalue weighted by molar-refractivity contribution is -0.932. The summed E-state index contributed by atoms with van der Waals surface area (Å²) in [5.41, 5.74) is 7.66. The molecule has 0 spiro atoms. The SMILES string of the molecule is Cl.NC(=NCc1ccccc1)Sc1ccc(CCC(=O)O)c[n+]1O. The van der Waals surface area contributed by atoms with Crippen molar-refractivity contribution in [2.45, 2.75) is 24.4 Å². The molecular weight excluding hydrogens is 350 g/mol. The lowest BCUT2D eigenvalue weighted by Crippen LogP contribution is -2.33. The van der Waals surface area contributed by atoms with Crippen molar-refractivity contribution in [3.05, 3.63) is 59.8 Å². The molecule has 2 rings (SSSR count). The van der Waals surface area contributed by atoms with Gasteiger partial charge in [-0.05, 0) is 18.1 Å². The van der Waals surface area contributed by atoms with E-state index >= 15 is 0 Å². The average molecular weight is 369 g/mol. The van der Waals surface area contributed by atoms with Gasteiger partial charge >= 0.3 is 5.97 Å². The van der Waals surface area contributed by atoms with Crippen LogP contribution >= 0.6 is 24.2 Å². The van der Waals surface area contributed by atoms with Crippen LogP contribution in [-0.2, 0) is 17.8 Å². The van der Waals surface area contributed by atoms with Crippen LogP contribution in [0.5, 0.6) is 0 Å². The first-order valence-corrected chi connectivity index (χ1v) is 7.83. The van der Waals surface area contributed by atoms with Gasteiger partial charge in [0, 0.05) is 34.5 Å². The summed E-state index contributed by atoms with van der Waals surface area (Å²) in [4.78, 5) is 14.8. The van der Waals surface area contributed by atoms with Crippen molar-refractivity contribution in [2.24, 2.45) is 10.7 Å². The third kappa shape index (κ3) is 6.47. The van der Waals surface area contributed by atoms with Crippen LogP contribution in [0, 0.1) is 0 Å². The zero-order chi connectivity index (χ0) is 16.7. The maximum atomic E-state index is 10.6. The van der Waals surface area contributed by atoms with E-state index in [2.05, 4.69) is 4.99 Å². The number of carbonyl (C=O) groups is 1. The second kappa shape index (κ2) is 9.79. The molecule has 0 radical (unpaired) electrons. The van der Waals surface area contributed by atoms with E-state index in [1.54, 1.807) is 12.1 Å². The number of aliphatic imine (C=N–C) groups is 1. The van der Waals surface area contributed by atoms with Crippen molar-refractivity contribution >= 4 is 35.3 Å². The number of hydrogen-bond donors (Lipinski definition) is 3. The Morgan fingerprint density at radius 3 is 2.50 bits per heavy atom. The maximum Gasteiger partial charge on any atom is 0.303 e. The molecule has 8 heteroatoms. The van der Waals surface area contributed by atoms with Gasteiger partial charge in [-0.15, -0.1) is 12.4 Å². The molecule has 24 heavy (non-hydrogen) atoms. The van der Waals surface area contributed by atoms with E-state index in [9.17, 15) is 10.0 Å². The molecule has 0 fully saturated rings. The van der Waals surface area contributed by atoms with Crippen molar-refractivity contribution < 1.29 is 19.8 Å². The maximum absolute atomic E-state index is 10.6. The average Bonchev–Trinajstić information content (AvgIpc) is 2.54. The molecule has 1 aromatic heterocycles. The van der Waals surface area contributed by atoms with Gasteiger partial charge in [0.05, 0.1) is 6.54 Å². The van der Waals surface area contributed by atoms with E-state index in [4.69, 9.17) is 10.8 Å². The number of aromatic nitrogens is 1. The van der Waals surface area contributed by atoms with E-state index in [1.165, 1.54) is 6.20 Å². The second-order valence-electron chi connectivity index (χ2n) is 4.86. The number of thioether (sulfide) groups is 1. The molecule has 4 N–H and O–H groups in total. The summed E-state index contributed by atoms with van der Waals surface area (Å²) >= 11 is 1.15. The number of amidine groups is 1. The predicted molar refractivity (Wildman–Crippen MR) is 94.7 cm³/mol. The van der Waals surface area contributed by atoms with Crippen molar-refractivity contribution in [2.75, 3.05) is 0 Å². The molecule has 0 unspecified atom stereocenters. The highest BCUT2D eigenvalue weighted by Crippen LogP contribution is 2.15. The molecule has 0 saturated heterocycles. The summed E-state index contributed by atoms with van der Waals surface area (Å²) in [5, 5.41) is 19.4. The number of nitrogens with zero attached hydrogens (tertiary/aromatic N) is 2. The highest BCUT2D eigenvalue weighted by atomic mass is 35.5. The van der Waals surface area contributed by atoms with Crippen molar-refractivity contribution in [1.82, 2.24) is 0 Å². The van der Waals surface area contributed by atoms with Crippen molar-refractivity contribution in [3.63, 3.8) is 0 Å². The van der Waals surface area contributed by atoms with Gasteiger partial charge < -0.3 is 10.8 Å². The first kappa shape index (κ1) is 19.8. The molecule has 0 saturated carbocycles. The highest BCUT2D eigenvalue weighted by Gasteiger charge is 2.14. The fourth-order valence-electron chi connectivity index (χ4n) is 1.89. The van der Waals surface area contributed by atoms with Crippen LogP contribution in [0.15, 0.2) is 58.7 Å². The van der Waals surface area contributed by atoms with Gasteiger partial charge in [0.1, 0.15) is 0 Å². The Kier molecular flexibility index (Phi) is 8.08. The molecule has 0 amide bonds. The van der Waals surface area contributed by atoms with Gasteiger partial charge in [-0.3, -0.25) is 15.0 Å². The number of carboxylic acids is 1. The van der Waals surface area contributed by atoms with E-state index in [0.717, 1.165) is 27.6 Å². The molecule has 0 atom stereocenters. The van der Waals surface area contributed by atoms with Crippen LogP contribution in [0.1, 0.15) is 17.5 Å². The standard InChI is InChI=1S/C16H17N3O3S.ClH/c17-16(18-10-12-4-2-1-3-5-12)23-14-8-6-13(11-19(14)22)7-9-15(20)21;/h1-6,8,11H,7,9-10H2,(H3-,17,18,20,21,22);1H/p+1. The summed E-state index contributed by atoms with van der Waals surface area (Å²) < 4.78 is 0.937. The third-order valence-corrected chi connectivity index (χ3v) is 3.92. The van der Waals surface area contributed by atoms with Gasteiger partial charge in [-0.25, -0.2) is 0 Å². The first-order valence-electron chi connectivity index (χ1n) is 7.02. The molecule has 0 aliphatic heterocycles. The van der Waals surface area contributed by atoms with Crippen LogP contribution in [0.3, 0.4) is 0 Å². The number of halogens is 1. The Bertz CT molecular complexity index is 711. The van der Waals surface area contributed by atoms with Crippen molar-refractivity contribution in [3.8, 4) is 0 Å². The molecule has 0 aliphatic rings. The summed E-state index contributed by atoms with van der Waals surface area (Å²) in [6, 6.07) is 13.2. The first-order chi connectivity index (χ1) is 11.0. The molecular formula is C16H19ClN3O3S+. The highest BCUT2D eigenvalue weighted by molar-refractivity contribution is 8.13. The normalized spacial score (nSPS) is 10.9. The second-order valence-corrected chi connectivity index (χ2v) is 5.90. The minimum Gasteiger partial charge on any atom is -0.481 e. The van der Waals surface area contributed by atoms with E-state index in [0.29, 0.717) is 23.2 Å². The Morgan fingerprint density at radius 2 is 1.88 bits per heavy atom. The summed E-state index contributed by atoms with van der Waals surface area (Å²) in [7, 11) is 0. The minimum atomic E-state index is -0.870. The number of benzene rings is 1. The molecule has 6 nitrogen and oxygen atoms in total. The van der Waals surface area contributed by atoms with Crippen LogP contribution in [0.2, 0.25) is 0 Å². The minimum absolute atomic E-state index is 0. The van der Waals surface area contributed by atoms with E-state index < -0.39 is 5.97 Å². The molecule has 128 valence electrons. The zero-order valence-corrected chi connectivity index (χ0v) is 14.5. The fourth-order valence-corrected chi connectivity index (χ4v) is 2.52. The topological polar surface area (TPSA) is 99.8 Å². The van der Waals surface area contributed by atoms with Crippen LogP contribution < -0.4 is 10.5 Å². The Labute approximate surface area is 150 Å². The van der Waals surface area contributed by atoms with Crippen LogP contribution in [0.4, 0.5) is 0 Å². The number of hydrogen-bond acceptors (Lipinski definition) is 4. The number of pyridine rings is 1. The smallest absolute Gasteiger partial charge is 0.303 e. The largest absolute Gasteiger partial charge is 0.481 e. The van der Waals surface area contributed by atoms with Gasteiger partial charge in [0.25, 0.3) is 5.03 Å². The van der Waals surface area contributed by atoms with Gasteiger partial charge in [0.2, 0.25) is 6.20 Å². The number of aryl methyl sites for hydroxylation is 1. The van der Waals surface area contributed by atoms with Crippen molar-refractivity contribution in [1.29, 1.82) is 0 Å². The Balaban J connectivity index is 0.00000288. The van der Waals surface area contributed by atoms with Gasteiger partial charge in [-0.2, -0.15) is 0 Å². The van der Waals surface area contributed by atoms with Gasteiger partial charge in [-0.1, -0.05) is 30.3 Å². The van der Waals surface area contributed by atoms with Crippen LogP contribution in [0.25, 0.3) is 0 Å². The molecule has 1 heterocycles. The van der Waals surface area contributed by atoms with E-state index in [1.807, 2.05) is 30.3 Å². The monoisotopic (exact) mass is 368 g/mol. The number of aliphatic carboxylic acids is 1. The predicted octanol–water partition coefficient (Wildman–Crippen LogP) is 2.26. The van der Waals surface area contributed by atoms with Gasteiger partial charge in [0.15, 0.2) is 5.17 Å². The molecule has 0 aliphatic carbocycles. The Hall–Kier alpha value is -2.25. The summed E-state index contributed by atoms with van der Waals surface area (Å²) in [6.45, 7) is 0.474. The molecule has 0 bridgehead atoms. The number of carboxylic acid groups (broad SMARTS) is 1. The lowest BCUT2D eigenvalue weighted by Gasteiger charge is -2.01. The Morgan fingerprint density at radius 1 is 1.17 bits per heavy atom. The third-order valence-electron chi connectivity index (χ3n) is 3.05. The lowest BCUT2D eigenvalue weighted by atomic mass is 10.2. The summed E-state index contributed by atoms with van der Waals surface area (Å²) in [5.74, 6) is -0.870. The van der Waals surface area contributed by atoms with Crippen LogP contribution in [-0.4, -0.2) is 21.5 Å². The number of rotatable bonds is 6. The van der Waals surface area contributed by atoms with E-state index in [-0.39, 0.29) is 18.8 Å². The zero-order valence-electron chi connectivity index (χ0n) is 12.8.